The van der Waals surface area contributed by atoms with E-state index in [1.165, 1.54) is 0 Å². The van der Waals surface area contributed by atoms with Crippen LogP contribution >= 0.6 is 0 Å². The molecule has 0 aliphatic carbocycles. The van der Waals surface area contributed by atoms with Crippen molar-refractivity contribution < 1.29 is 19.1 Å². The number of ether oxygens (including phenoxy) is 1. The number of benzene rings is 2. The van der Waals surface area contributed by atoms with Crippen LogP contribution in [0.1, 0.15) is 34.6 Å². The lowest BCUT2D eigenvalue weighted by atomic mass is 10.1. The van der Waals surface area contributed by atoms with Crippen LogP contribution in [-0.2, 0) is 0 Å². The van der Waals surface area contributed by atoms with Gasteiger partial charge in [0.2, 0.25) is 0 Å². The SMILES string of the molecule is COc1ccc(C(=O)NCCNC(=O)c2ccccc2NC(=O)NC(C)C)cc1. The third-order valence-corrected chi connectivity index (χ3v) is 3.89. The molecule has 2 rings (SSSR count). The van der Waals surface area contributed by atoms with Crippen molar-refractivity contribution in [3.63, 3.8) is 0 Å². The molecule has 0 aromatic heterocycles. The summed E-state index contributed by atoms with van der Waals surface area (Å²) in [6, 6.07) is 13.1. The molecule has 0 atom stereocenters. The van der Waals surface area contributed by atoms with Crippen molar-refractivity contribution in [2.45, 2.75) is 19.9 Å². The van der Waals surface area contributed by atoms with Crippen LogP contribution in [0, 0.1) is 0 Å². The van der Waals surface area contributed by atoms with E-state index in [0.29, 0.717) is 22.6 Å². The third-order valence-electron chi connectivity index (χ3n) is 3.89. The van der Waals surface area contributed by atoms with Gasteiger partial charge in [0, 0.05) is 24.7 Å². The molecule has 8 nitrogen and oxygen atoms in total. The van der Waals surface area contributed by atoms with Gasteiger partial charge in [-0.1, -0.05) is 12.1 Å². The molecule has 2 aromatic rings. The monoisotopic (exact) mass is 398 g/mol. The van der Waals surface area contributed by atoms with E-state index in [1.807, 2.05) is 13.8 Å². The van der Waals surface area contributed by atoms with E-state index in [0.717, 1.165) is 0 Å². The third kappa shape index (κ3) is 6.84. The van der Waals surface area contributed by atoms with Crippen molar-refractivity contribution in [2.24, 2.45) is 0 Å². The van der Waals surface area contributed by atoms with Crippen molar-refractivity contribution in [3.05, 3.63) is 59.7 Å². The number of anilines is 1. The van der Waals surface area contributed by atoms with E-state index in [4.69, 9.17) is 4.74 Å². The second-order valence-electron chi connectivity index (χ2n) is 6.54. The highest BCUT2D eigenvalue weighted by molar-refractivity contribution is 6.03. The van der Waals surface area contributed by atoms with Gasteiger partial charge in [0.25, 0.3) is 11.8 Å². The smallest absolute Gasteiger partial charge is 0.319 e. The summed E-state index contributed by atoms with van der Waals surface area (Å²) in [6.07, 6.45) is 0. The Morgan fingerprint density at radius 3 is 2.14 bits per heavy atom. The van der Waals surface area contributed by atoms with Crippen LogP contribution in [0.4, 0.5) is 10.5 Å². The highest BCUT2D eigenvalue weighted by Gasteiger charge is 2.13. The zero-order valence-corrected chi connectivity index (χ0v) is 16.7. The van der Waals surface area contributed by atoms with Gasteiger partial charge in [0.1, 0.15) is 5.75 Å². The molecule has 29 heavy (non-hydrogen) atoms. The van der Waals surface area contributed by atoms with Crippen molar-refractivity contribution in [2.75, 3.05) is 25.5 Å². The van der Waals surface area contributed by atoms with Crippen molar-refractivity contribution >= 4 is 23.5 Å². The summed E-state index contributed by atoms with van der Waals surface area (Å²) < 4.78 is 5.06. The lowest BCUT2D eigenvalue weighted by Gasteiger charge is -2.13. The quantitative estimate of drug-likeness (QED) is 0.512. The Morgan fingerprint density at radius 2 is 1.52 bits per heavy atom. The Labute approximate surface area is 170 Å². The molecule has 0 spiro atoms. The zero-order valence-electron chi connectivity index (χ0n) is 16.7. The highest BCUT2D eigenvalue weighted by Crippen LogP contribution is 2.15. The largest absolute Gasteiger partial charge is 0.497 e. The zero-order chi connectivity index (χ0) is 21.2. The second-order valence-corrected chi connectivity index (χ2v) is 6.54. The first kappa shape index (κ1) is 21.7. The molecule has 0 aliphatic rings. The number of methoxy groups -OCH3 is 1. The lowest BCUT2D eigenvalue weighted by molar-refractivity contribution is 0.0928. The molecule has 0 fully saturated rings. The maximum absolute atomic E-state index is 12.4. The Kier molecular flexibility index (Phi) is 8.02. The van der Waals surface area contributed by atoms with Crippen LogP contribution in [0.25, 0.3) is 0 Å². The number of hydrogen-bond donors (Lipinski definition) is 4. The summed E-state index contributed by atoms with van der Waals surface area (Å²) in [6.45, 7) is 4.20. The van der Waals surface area contributed by atoms with Gasteiger partial charge in [-0.2, -0.15) is 0 Å². The summed E-state index contributed by atoms with van der Waals surface area (Å²) in [5.74, 6) is 0.0848. The standard InChI is InChI=1S/C21H26N4O4/c1-14(2)24-21(28)25-18-7-5-4-6-17(18)20(27)23-13-12-22-19(26)15-8-10-16(29-3)11-9-15/h4-11,14H,12-13H2,1-3H3,(H,22,26)(H,23,27)(H2,24,25,28). The first-order valence-electron chi connectivity index (χ1n) is 9.27. The van der Waals surface area contributed by atoms with Crippen molar-refractivity contribution in [1.29, 1.82) is 0 Å². The van der Waals surface area contributed by atoms with Crippen LogP contribution < -0.4 is 26.0 Å². The molecule has 0 saturated carbocycles. The van der Waals surface area contributed by atoms with Crippen molar-refractivity contribution in [3.8, 4) is 5.75 Å². The van der Waals surface area contributed by atoms with Crippen LogP contribution in [0.5, 0.6) is 5.75 Å². The minimum Gasteiger partial charge on any atom is -0.497 e. The molecule has 0 bridgehead atoms. The van der Waals surface area contributed by atoms with Gasteiger partial charge in [-0.15, -0.1) is 0 Å². The topological polar surface area (TPSA) is 109 Å². The first-order valence-corrected chi connectivity index (χ1v) is 9.27. The predicted molar refractivity (Wildman–Crippen MR) is 111 cm³/mol. The number of hydrogen-bond acceptors (Lipinski definition) is 4. The van der Waals surface area contributed by atoms with Gasteiger partial charge < -0.3 is 26.0 Å². The molecule has 0 aliphatic heterocycles. The van der Waals surface area contributed by atoms with E-state index in [2.05, 4.69) is 21.3 Å². The molecule has 154 valence electrons. The van der Waals surface area contributed by atoms with Gasteiger partial charge >= 0.3 is 6.03 Å². The fraction of sp³-hybridized carbons (Fsp3) is 0.286. The van der Waals surface area contributed by atoms with E-state index >= 15 is 0 Å². The summed E-state index contributed by atoms with van der Waals surface area (Å²) >= 11 is 0. The average molecular weight is 398 g/mol. The van der Waals surface area contributed by atoms with Crippen LogP contribution in [0.2, 0.25) is 0 Å². The van der Waals surface area contributed by atoms with Gasteiger partial charge in [-0.25, -0.2) is 4.79 Å². The number of amides is 4. The molecular weight excluding hydrogens is 372 g/mol. The number of para-hydroxylation sites is 1. The maximum Gasteiger partial charge on any atom is 0.319 e. The molecule has 2 aromatic carbocycles. The first-order chi connectivity index (χ1) is 13.9. The number of nitrogens with one attached hydrogen (secondary N) is 4. The molecule has 0 radical (unpaired) electrons. The minimum absolute atomic E-state index is 0.0229. The van der Waals surface area contributed by atoms with E-state index in [1.54, 1.807) is 55.6 Å². The van der Waals surface area contributed by atoms with E-state index < -0.39 is 0 Å². The minimum atomic E-state index is -0.382. The summed E-state index contributed by atoms with van der Waals surface area (Å²) in [4.78, 5) is 36.4. The highest BCUT2D eigenvalue weighted by atomic mass is 16.5. The number of carbonyl (C=O) groups excluding carboxylic acids is 3. The Hall–Kier alpha value is -3.55. The molecule has 4 amide bonds. The van der Waals surface area contributed by atoms with E-state index in [9.17, 15) is 14.4 Å². The molecule has 0 heterocycles. The number of rotatable bonds is 8. The lowest BCUT2D eigenvalue weighted by Crippen LogP contribution is -2.36. The van der Waals surface area contributed by atoms with Crippen LogP contribution in [0.15, 0.2) is 48.5 Å². The predicted octanol–water partition coefficient (Wildman–Crippen LogP) is 2.38. The van der Waals surface area contributed by atoms with Crippen LogP contribution in [0.3, 0.4) is 0 Å². The Bertz CT molecular complexity index is 850. The maximum atomic E-state index is 12.4. The fourth-order valence-corrected chi connectivity index (χ4v) is 2.50. The molecule has 8 heteroatoms. The molecule has 0 unspecified atom stereocenters. The Balaban J connectivity index is 1.84. The molecule has 4 N–H and O–H groups in total. The van der Waals surface area contributed by atoms with Gasteiger partial charge in [0.05, 0.1) is 18.4 Å². The van der Waals surface area contributed by atoms with Crippen molar-refractivity contribution in [1.82, 2.24) is 16.0 Å². The average Bonchev–Trinajstić information content (AvgIpc) is 2.70. The number of carbonyl (C=O) groups is 3. The van der Waals surface area contributed by atoms with Gasteiger partial charge in [-0.3, -0.25) is 9.59 Å². The second kappa shape index (κ2) is 10.7. The van der Waals surface area contributed by atoms with E-state index in [-0.39, 0.29) is 37.0 Å². The Morgan fingerprint density at radius 1 is 0.897 bits per heavy atom. The summed E-state index contributed by atoms with van der Waals surface area (Å²) in [7, 11) is 1.56. The number of urea groups is 1. The normalized spacial score (nSPS) is 10.2. The van der Waals surface area contributed by atoms with Gasteiger partial charge in [0.15, 0.2) is 0 Å². The van der Waals surface area contributed by atoms with Crippen LogP contribution in [-0.4, -0.2) is 44.1 Å². The molecular formula is C21H26N4O4. The van der Waals surface area contributed by atoms with Gasteiger partial charge in [-0.05, 0) is 50.2 Å². The fourth-order valence-electron chi connectivity index (χ4n) is 2.50. The summed E-state index contributed by atoms with van der Waals surface area (Å²) in [5.41, 5.74) is 1.25. The summed E-state index contributed by atoms with van der Waals surface area (Å²) in [5, 5.41) is 10.8. The molecule has 0 saturated heterocycles.